The fourth-order valence-electron chi connectivity index (χ4n) is 3.54. The molecule has 2 aromatic rings. The molecule has 1 aromatic heterocycles. The number of aromatic hydroxyl groups is 1. The van der Waals surface area contributed by atoms with Gasteiger partial charge in [-0.1, -0.05) is 74.9 Å². The van der Waals surface area contributed by atoms with Crippen molar-refractivity contribution in [3.63, 3.8) is 0 Å². The number of anilines is 1. The van der Waals surface area contributed by atoms with Gasteiger partial charge in [0.2, 0.25) is 5.91 Å². The highest BCUT2D eigenvalue weighted by atomic mass is 32.2. The van der Waals surface area contributed by atoms with Crippen molar-refractivity contribution in [3.05, 3.63) is 47.2 Å². The van der Waals surface area contributed by atoms with Gasteiger partial charge >= 0.3 is 0 Å². The number of rotatable bonds is 11. The van der Waals surface area contributed by atoms with Crippen LogP contribution in [-0.2, 0) is 4.79 Å². The summed E-state index contributed by atoms with van der Waals surface area (Å²) in [6, 6.07) is 7.48. The molecule has 4 nitrogen and oxygen atoms in total. The van der Waals surface area contributed by atoms with E-state index in [4.69, 9.17) is 0 Å². The monoisotopic (exact) mass is 414 g/mol. The summed E-state index contributed by atoms with van der Waals surface area (Å²) in [6.07, 6.45) is 9.50. The van der Waals surface area contributed by atoms with E-state index in [9.17, 15) is 9.90 Å². The van der Waals surface area contributed by atoms with E-state index in [1.807, 2.05) is 13.8 Å². The Morgan fingerprint density at radius 1 is 1.10 bits per heavy atom. The lowest BCUT2D eigenvalue weighted by molar-refractivity contribution is -0.115. The highest BCUT2D eigenvalue weighted by Crippen LogP contribution is 2.33. The van der Waals surface area contributed by atoms with E-state index in [1.165, 1.54) is 43.0 Å². The van der Waals surface area contributed by atoms with E-state index in [0.29, 0.717) is 5.03 Å². The number of nitrogens with one attached hydrogen (secondary N) is 1. The molecule has 1 heterocycles. The summed E-state index contributed by atoms with van der Waals surface area (Å²) < 4.78 is 0. The number of benzene rings is 1. The lowest BCUT2D eigenvalue weighted by atomic mass is 10.0. The van der Waals surface area contributed by atoms with Crippen LogP contribution in [0.25, 0.3) is 0 Å². The number of carbonyl (C=O) groups excluding carboxylic acids is 1. The van der Waals surface area contributed by atoms with Gasteiger partial charge in [-0.2, -0.15) is 0 Å². The zero-order valence-electron chi connectivity index (χ0n) is 18.1. The number of carbonyl (C=O) groups is 1. The van der Waals surface area contributed by atoms with Crippen LogP contribution in [0.2, 0.25) is 0 Å². The summed E-state index contributed by atoms with van der Waals surface area (Å²) in [5.74, 6) is 0.101. The number of hydrogen-bond donors (Lipinski definition) is 2. The van der Waals surface area contributed by atoms with E-state index >= 15 is 0 Å². The van der Waals surface area contributed by atoms with Crippen LogP contribution in [0.1, 0.15) is 68.6 Å². The molecule has 2 rings (SSSR count). The Kier molecular flexibility index (Phi) is 9.52. The van der Waals surface area contributed by atoms with Crippen molar-refractivity contribution in [2.45, 2.75) is 82.9 Å². The van der Waals surface area contributed by atoms with E-state index in [0.717, 1.165) is 36.1 Å². The first-order valence-electron chi connectivity index (χ1n) is 10.6. The van der Waals surface area contributed by atoms with Gasteiger partial charge in [0, 0.05) is 11.9 Å². The van der Waals surface area contributed by atoms with Gasteiger partial charge in [0.15, 0.2) is 0 Å². The Morgan fingerprint density at radius 2 is 1.76 bits per heavy atom. The van der Waals surface area contributed by atoms with E-state index in [-0.39, 0.29) is 16.9 Å². The van der Waals surface area contributed by atoms with Gasteiger partial charge in [0.25, 0.3) is 0 Å². The van der Waals surface area contributed by atoms with Crippen LogP contribution in [-0.4, -0.2) is 21.2 Å². The van der Waals surface area contributed by atoms with Gasteiger partial charge < -0.3 is 10.4 Å². The maximum atomic E-state index is 13.1. The van der Waals surface area contributed by atoms with Gasteiger partial charge in [0.05, 0.1) is 5.25 Å². The van der Waals surface area contributed by atoms with Gasteiger partial charge in [-0.25, -0.2) is 4.98 Å². The number of pyridine rings is 1. The van der Waals surface area contributed by atoms with Crippen molar-refractivity contribution < 1.29 is 9.90 Å². The second-order valence-corrected chi connectivity index (χ2v) is 8.95. The Bertz CT molecular complexity index is 784. The third kappa shape index (κ3) is 7.39. The summed E-state index contributed by atoms with van der Waals surface area (Å²) in [5.41, 5.74) is 4.22. The average Bonchev–Trinajstić information content (AvgIpc) is 2.67. The molecule has 0 saturated heterocycles. The van der Waals surface area contributed by atoms with Crippen molar-refractivity contribution >= 4 is 23.4 Å². The molecule has 0 bridgehead atoms. The molecule has 0 spiro atoms. The van der Waals surface area contributed by atoms with Crippen molar-refractivity contribution in [2.24, 2.45) is 0 Å². The van der Waals surface area contributed by atoms with Crippen molar-refractivity contribution in [1.29, 1.82) is 0 Å². The van der Waals surface area contributed by atoms with Crippen molar-refractivity contribution in [3.8, 4) is 5.75 Å². The minimum absolute atomic E-state index is 0.0244. The van der Waals surface area contributed by atoms with Crippen LogP contribution in [0.5, 0.6) is 5.75 Å². The third-order valence-corrected chi connectivity index (χ3v) is 6.31. The van der Waals surface area contributed by atoms with E-state index in [2.05, 4.69) is 36.3 Å². The summed E-state index contributed by atoms with van der Waals surface area (Å²) in [7, 11) is 0. The van der Waals surface area contributed by atoms with Gasteiger partial charge in [0.1, 0.15) is 10.8 Å². The summed E-state index contributed by atoms with van der Waals surface area (Å²) in [5, 5.41) is 13.5. The number of unbranched alkanes of at least 4 members (excludes halogenated alkanes) is 5. The Hall–Kier alpha value is -2.01. The minimum atomic E-state index is -0.290. The van der Waals surface area contributed by atoms with Crippen LogP contribution in [0, 0.1) is 20.8 Å². The molecule has 0 saturated carbocycles. The highest BCUT2D eigenvalue weighted by Gasteiger charge is 2.23. The zero-order valence-corrected chi connectivity index (χ0v) is 18.9. The predicted molar refractivity (Wildman–Crippen MR) is 123 cm³/mol. The Balaban J connectivity index is 2.08. The molecule has 1 atom stereocenters. The van der Waals surface area contributed by atoms with Crippen LogP contribution >= 0.6 is 11.8 Å². The van der Waals surface area contributed by atoms with Crippen molar-refractivity contribution in [1.82, 2.24) is 4.98 Å². The lowest BCUT2D eigenvalue weighted by Gasteiger charge is -2.19. The quantitative estimate of drug-likeness (QED) is 0.323. The average molecular weight is 415 g/mol. The minimum Gasteiger partial charge on any atom is -0.505 e. The fourth-order valence-corrected chi connectivity index (χ4v) is 4.57. The van der Waals surface area contributed by atoms with Crippen molar-refractivity contribution in [2.75, 3.05) is 5.32 Å². The van der Waals surface area contributed by atoms with Gasteiger partial charge in [-0.05, 0) is 50.5 Å². The SMILES string of the molecule is CCCCCCCCC(Sc1ncccc1O)C(=O)Nc1c(C)cc(C)cc1C. The number of aryl methyl sites for hydroxylation is 3. The summed E-state index contributed by atoms with van der Waals surface area (Å²) in [4.78, 5) is 17.4. The number of aromatic nitrogens is 1. The van der Waals surface area contributed by atoms with Crippen LogP contribution in [0.4, 0.5) is 5.69 Å². The Labute approximate surface area is 179 Å². The first kappa shape index (κ1) is 23.3. The molecular formula is C24H34N2O2S. The second kappa shape index (κ2) is 11.9. The second-order valence-electron chi connectivity index (χ2n) is 7.75. The largest absolute Gasteiger partial charge is 0.505 e. The summed E-state index contributed by atoms with van der Waals surface area (Å²) in [6.45, 7) is 8.32. The molecule has 29 heavy (non-hydrogen) atoms. The van der Waals surface area contributed by atoms with E-state index in [1.54, 1.807) is 18.3 Å². The van der Waals surface area contributed by atoms with Crippen LogP contribution in [0.15, 0.2) is 35.5 Å². The molecule has 5 heteroatoms. The number of amides is 1. The molecule has 158 valence electrons. The molecule has 0 aliphatic carbocycles. The van der Waals surface area contributed by atoms with Crippen LogP contribution < -0.4 is 5.32 Å². The van der Waals surface area contributed by atoms with Gasteiger partial charge in [-0.3, -0.25) is 4.79 Å². The highest BCUT2D eigenvalue weighted by molar-refractivity contribution is 8.00. The molecule has 1 aromatic carbocycles. The molecule has 0 radical (unpaired) electrons. The first-order valence-corrected chi connectivity index (χ1v) is 11.5. The molecule has 0 aliphatic rings. The number of nitrogens with zero attached hydrogens (tertiary/aromatic N) is 1. The Morgan fingerprint density at radius 3 is 2.41 bits per heavy atom. The maximum Gasteiger partial charge on any atom is 0.237 e. The zero-order chi connectivity index (χ0) is 21.2. The number of thioether (sulfide) groups is 1. The predicted octanol–water partition coefficient (Wildman–Crippen LogP) is 6.56. The maximum absolute atomic E-state index is 13.1. The van der Waals surface area contributed by atoms with E-state index < -0.39 is 0 Å². The molecular weight excluding hydrogens is 380 g/mol. The summed E-state index contributed by atoms with van der Waals surface area (Å²) >= 11 is 1.35. The molecule has 1 unspecified atom stereocenters. The first-order chi connectivity index (χ1) is 13.9. The standard InChI is InChI=1S/C24H34N2O2S/c1-5-6-7-8-9-10-13-21(29-24-20(27)12-11-14-25-24)23(28)26-22-18(3)15-17(2)16-19(22)4/h11-12,14-16,21,27H,5-10,13H2,1-4H3,(H,26,28). The third-order valence-electron chi connectivity index (χ3n) is 5.04. The topological polar surface area (TPSA) is 62.2 Å². The smallest absolute Gasteiger partial charge is 0.237 e. The fraction of sp³-hybridized carbons (Fsp3) is 0.500. The van der Waals surface area contributed by atoms with Gasteiger partial charge in [-0.15, -0.1) is 0 Å². The number of hydrogen-bond acceptors (Lipinski definition) is 4. The molecule has 0 fully saturated rings. The van der Waals surface area contributed by atoms with Crippen LogP contribution in [0.3, 0.4) is 0 Å². The molecule has 1 amide bonds. The molecule has 0 aliphatic heterocycles. The molecule has 2 N–H and O–H groups in total. The normalized spacial score (nSPS) is 12.0. The lowest BCUT2D eigenvalue weighted by Crippen LogP contribution is -2.26.